The van der Waals surface area contributed by atoms with Crippen LogP contribution in [0.1, 0.15) is 46.5 Å². The molecule has 4 heteroatoms. The van der Waals surface area contributed by atoms with Gasteiger partial charge >= 0.3 is 0 Å². The smallest absolute Gasteiger partial charge is 0.109 e. The van der Waals surface area contributed by atoms with Gasteiger partial charge in [-0.25, -0.2) is 0 Å². The van der Waals surface area contributed by atoms with Crippen molar-refractivity contribution in [2.24, 2.45) is 5.92 Å². The average Bonchev–Trinajstić information content (AvgIpc) is 2.79. The van der Waals surface area contributed by atoms with Gasteiger partial charge in [0.05, 0.1) is 18.3 Å². The van der Waals surface area contributed by atoms with E-state index >= 15 is 0 Å². The number of nitriles is 1. The Kier molecular flexibility index (Phi) is 5.42. The minimum absolute atomic E-state index is 0.266. The number of morpholine rings is 1. The maximum absolute atomic E-state index is 9.59. The summed E-state index contributed by atoms with van der Waals surface area (Å²) in [6.45, 7) is 10.4. The maximum atomic E-state index is 9.59. The lowest BCUT2D eigenvalue weighted by Gasteiger charge is -2.37. The Morgan fingerprint density at radius 1 is 1.35 bits per heavy atom. The summed E-state index contributed by atoms with van der Waals surface area (Å²) in [6, 6.07) is 2.58. The van der Waals surface area contributed by atoms with Crippen molar-refractivity contribution in [2.75, 3.05) is 26.2 Å². The highest BCUT2D eigenvalue weighted by molar-refractivity contribution is 5.14. The highest BCUT2D eigenvalue weighted by atomic mass is 16.5. The van der Waals surface area contributed by atoms with Crippen LogP contribution in [0.4, 0.5) is 0 Å². The van der Waals surface area contributed by atoms with Crippen molar-refractivity contribution in [3.8, 4) is 6.07 Å². The number of hydrogen-bond acceptors (Lipinski definition) is 4. The first-order valence-electron chi connectivity index (χ1n) is 8.13. The molecule has 2 aliphatic rings. The molecule has 1 heterocycles. The zero-order chi connectivity index (χ0) is 14.6. The highest BCUT2D eigenvalue weighted by Crippen LogP contribution is 2.37. The summed E-state index contributed by atoms with van der Waals surface area (Å²) in [7, 11) is 0. The number of rotatable bonds is 5. The molecular formula is C16H29N3O. The first kappa shape index (κ1) is 15.8. The van der Waals surface area contributed by atoms with Gasteiger partial charge in [0.2, 0.25) is 0 Å². The van der Waals surface area contributed by atoms with Gasteiger partial charge in [-0.15, -0.1) is 0 Å². The molecular weight excluding hydrogens is 250 g/mol. The molecule has 1 saturated heterocycles. The van der Waals surface area contributed by atoms with Crippen molar-refractivity contribution in [2.45, 2.75) is 64.2 Å². The van der Waals surface area contributed by atoms with Crippen LogP contribution in [0.15, 0.2) is 0 Å². The molecule has 114 valence electrons. The standard InChI is InChI=1S/C16H29N3O/c1-4-18-16(12-17)8-5-6-15(16)7-9-19-10-13(2)20-14(3)11-19/h13-15,18H,4-11H2,1-3H3/t13-,14+,15?,16?. The molecule has 0 bridgehead atoms. The van der Waals surface area contributed by atoms with E-state index in [0.29, 0.717) is 18.1 Å². The minimum Gasteiger partial charge on any atom is -0.373 e. The molecule has 2 rings (SSSR count). The summed E-state index contributed by atoms with van der Waals surface area (Å²) in [5.41, 5.74) is -0.266. The number of nitrogens with zero attached hydrogens (tertiary/aromatic N) is 2. The van der Waals surface area contributed by atoms with Crippen molar-refractivity contribution in [1.82, 2.24) is 10.2 Å². The SMILES string of the molecule is CCNC1(C#N)CCCC1CCN1C[C@@H](C)O[C@@H](C)C1. The quantitative estimate of drug-likeness (QED) is 0.838. The predicted octanol–water partition coefficient (Wildman–Crippen LogP) is 2.16. The van der Waals surface area contributed by atoms with E-state index in [0.717, 1.165) is 39.0 Å². The monoisotopic (exact) mass is 279 g/mol. The lowest BCUT2D eigenvalue weighted by Crippen LogP contribution is -2.49. The van der Waals surface area contributed by atoms with Gasteiger partial charge in [-0.3, -0.25) is 10.2 Å². The number of ether oxygens (including phenoxy) is 1. The molecule has 4 atom stereocenters. The fourth-order valence-corrected chi connectivity index (χ4v) is 4.01. The second-order valence-electron chi connectivity index (χ2n) is 6.51. The van der Waals surface area contributed by atoms with Crippen molar-refractivity contribution >= 4 is 0 Å². The molecule has 1 aliphatic heterocycles. The third-order valence-electron chi connectivity index (χ3n) is 4.80. The lowest BCUT2D eigenvalue weighted by atomic mass is 9.85. The fraction of sp³-hybridized carbons (Fsp3) is 0.938. The van der Waals surface area contributed by atoms with Crippen LogP contribution >= 0.6 is 0 Å². The normalized spacial score (nSPS) is 38.8. The van der Waals surface area contributed by atoms with E-state index in [2.05, 4.69) is 37.1 Å². The fourth-order valence-electron chi connectivity index (χ4n) is 4.01. The number of nitrogens with one attached hydrogen (secondary N) is 1. The average molecular weight is 279 g/mol. The van der Waals surface area contributed by atoms with Crippen LogP contribution in [0.3, 0.4) is 0 Å². The molecule has 0 amide bonds. The molecule has 2 fully saturated rings. The molecule has 0 spiro atoms. The van der Waals surface area contributed by atoms with Crippen LogP contribution in [0.5, 0.6) is 0 Å². The summed E-state index contributed by atoms with van der Waals surface area (Å²) in [6.07, 6.45) is 5.17. The van der Waals surface area contributed by atoms with Crippen LogP contribution in [-0.4, -0.2) is 48.8 Å². The van der Waals surface area contributed by atoms with Crippen LogP contribution in [0.25, 0.3) is 0 Å². The summed E-state index contributed by atoms with van der Waals surface area (Å²) < 4.78 is 5.78. The van der Waals surface area contributed by atoms with Crippen molar-refractivity contribution in [3.05, 3.63) is 0 Å². The summed E-state index contributed by atoms with van der Waals surface area (Å²) in [5, 5.41) is 13.1. The van der Waals surface area contributed by atoms with Gasteiger partial charge in [-0.2, -0.15) is 5.26 Å². The Labute approximate surface area is 123 Å². The van der Waals surface area contributed by atoms with E-state index in [1.165, 1.54) is 12.8 Å². The van der Waals surface area contributed by atoms with E-state index in [4.69, 9.17) is 4.74 Å². The molecule has 2 unspecified atom stereocenters. The van der Waals surface area contributed by atoms with E-state index in [1.54, 1.807) is 0 Å². The molecule has 0 aromatic heterocycles. The van der Waals surface area contributed by atoms with Crippen LogP contribution in [0.2, 0.25) is 0 Å². The van der Waals surface area contributed by atoms with Crippen LogP contribution < -0.4 is 5.32 Å². The predicted molar refractivity (Wildman–Crippen MR) is 80.4 cm³/mol. The summed E-state index contributed by atoms with van der Waals surface area (Å²) >= 11 is 0. The first-order chi connectivity index (χ1) is 9.59. The van der Waals surface area contributed by atoms with Gasteiger partial charge < -0.3 is 4.74 Å². The van der Waals surface area contributed by atoms with Crippen molar-refractivity contribution < 1.29 is 4.74 Å². The molecule has 1 aliphatic carbocycles. The second kappa shape index (κ2) is 6.89. The third kappa shape index (κ3) is 3.52. The largest absolute Gasteiger partial charge is 0.373 e. The van der Waals surface area contributed by atoms with Gasteiger partial charge in [-0.1, -0.05) is 13.3 Å². The Hall–Kier alpha value is -0.630. The summed E-state index contributed by atoms with van der Waals surface area (Å²) in [5.74, 6) is 0.501. The number of hydrogen-bond donors (Lipinski definition) is 1. The van der Waals surface area contributed by atoms with Gasteiger partial charge in [0.1, 0.15) is 5.54 Å². The third-order valence-corrected chi connectivity index (χ3v) is 4.80. The van der Waals surface area contributed by atoms with Gasteiger partial charge in [0.25, 0.3) is 0 Å². The molecule has 1 saturated carbocycles. The van der Waals surface area contributed by atoms with Crippen LogP contribution in [0, 0.1) is 17.2 Å². The van der Waals surface area contributed by atoms with Gasteiger partial charge in [0.15, 0.2) is 0 Å². The van der Waals surface area contributed by atoms with E-state index in [1.807, 2.05) is 0 Å². The van der Waals surface area contributed by atoms with E-state index < -0.39 is 0 Å². The first-order valence-corrected chi connectivity index (χ1v) is 8.13. The topological polar surface area (TPSA) is 48.3 Å². The molecule has 20 heavy (non-hydrogen) atoms. The Bertz CT molecular complexity index is 344. The second-order valence-corrected chi connectivity index (χ2v) is 6.51. The Morgan fingerprint density at radius 3 is 2.65 bits per heavy atom. The molecule has 0 aromatic carbocycles. The van der Waals surface area contributed by atoms with Gasteiger partial charge in [0, 0.05) is 13.1 Å². The zero-order valence-electron chi connectivity index (χ0n) is 13.2. The zero-order valence-corrected chi connectivity index (χ0v) is 13.2. The Balaban J connectivity index is 1.88. The van der Waals surface area contributed by atoms with Crippen molar-refractivity contribution in [3.63, 3.8) is 0 Å². The molecule has 0 radical (unpaired) electrons. The van der Waals surface area contributed by atoms with Crippen molar-refractivity contribution in [1.29, 1.82) is 5.26 Å². The van der Waals surface area contributed by atoms with Gasteiger partial charge in [-0.05, 0) is 52.1 Å². The maximum Gasteiger partial charge on any atom is 0.109 e. The molecule has 4 nitrogen and oxygen atoms in total. The lowest BCUT2D eigenvalue weighted by molar-refractivity contribution is -0.0692. The minimum atomic E-state index is -0.266. The highest BCUT2D eigenvalue weighted by Gasteiger charge is 2.42. The van der Waals surface area contributed by atoms with E-state index in [-0.39, 0.29) is 5.54 Å². The molecule has 0 aromatic rings. The Morgan fingerprint density at radius 2 is 2.05 bits per heavy atom. The summed E-state index contributed by atoms with van der Waals surface area (Å²) in [4.78, 5) is 2.51. The van der Waals surface area contributed by atoms with E-state index in [9.17, 15) is 5.26 Å². The van der Waals surface area contributed by atoms with Crippen LogP contribution in [-0.2, 0) is 4.74 Å². The molecule has 1 N–H and O–H groups in total.